The Morgan fingerprint density at radius 3 is 2.85 bits per heavy atom. The largest absolute Gasteiger partial charge is 0.388 e. The lowest BCUT2D eigenvalue weighted by atomic mass is 10.2. The van der Waals surface area contributed by atoms with E-state index in [2.05, 4.69) is 32.5 Å². The fourth-order valence-electron chi connectivity index (χ4n) is 2.09. The quantitative estimate of drug-likeness (QED) is 0.764. The third-order valence-corrected chi connectivity index (χ3v) is 3.39. The number of pyridine rings is 1. The molecule has 0 unspecified atom stereocenters. The SMILES string of the molecule is CNc1cc(-n2ccc(-c3cn[nH]c3)n2)nc(C)c1C. The first kappa shape index (κ1) is 12.4. The van der Waals surface area contributed by atoms with Crippen LogP contribution in [0, 0.1) is 13.8 Å². The molecule has 0 aromatic carbocycles. The van der Waals surface area contributed by atoms with Gasteiger partial charge in [-0.1, -0.05) is 0 Å². The van der Waals surface area contributed by atoms with Gasteiger partial charge in [0.25, 0.3) is 0 Å². The summed E-state index contributed by atoms with van der Waals surface area (Å²) in [7, 11) is 1.91. The molecule has 0 saturated heterocycles. The van der Waals surface area contributed by atoms with Gasteiger partial charge in [-0.05, 0) is 25.5 Å². The van der Waals surface area contributed by atoms with Crippen LogP contribution in [-0.4, -0.2) is 32.0 Å². The lowest BCUT2D eigenvalue weighted by Gasteiger charge is -2.10. The second kappa shape index (κ2) is 4.80. The Hall–Kier alpha value is -2.63. The normalized spacial score (nSPS) is 10.8. The van der Waals surface area contributed by atoms with Crippen molar-refractivity contribution in [2.24, 2.45) is 0 Å². The molecule has 0 aliphatic carbocycles. The van der Waals surface area contributed by atoms with E-state index in [-0.39, 0.29) is 0 Å². The predicted octanol–water partition coefficient (Wildman–Crippen LogP) is 2.32. The fourth-order valence-corrected chi connectivity index (χ4v) is 2.09. The molecule has 0 spiro atoms. The van der Waals surface area contributed by atoms with E-state index < -0.39 is 0 Å². The van der Waals surface area contributed by atoms with Crippen LogP contribution < -0.4 is 5.32 Å². The number of hydrogen-bond acceptors (Lipinski definition) is 4. The summed E-state index contributed by atoms with van der Waals surface area (Å²) >= 11 is 0. The molecule has 3 heterocycles. The molecule has 0 saturated carbocycles. The molecule has 0 bridgehead atoms. The molecule has 102 valence electrons. The van der Waals surface area contributed by atoms with E-state index in [1.165, 1.54) is 0 Å². The maximum absolute atomic E-state index is 4.58. The summed E-state index contributed by atoms with van der Waals surface area (Å²) < 4.78 is 1.77. The zero-order valence-electron chi connectivity index (χ0n) is 11.7. The van der Waals surface area contributed by atoms with Crippen molar-refractivity contribution in [2.45, 2.75) is 13.8 Å². The summed E-state index contributed by atoms with van der Waals surface area (Å²) in [6.45, 7) is 4.05. The summed E-state index contributed by atoms with van der Waals surface area (Å²) in [5.41, 5.74) is 5.03. The summed E-state index contributed by atoms with van der Waals surface area (Å²) in [4.78, 5) is 4.58. The van der Waals surface area contributed by atoms with Gasteiger partial charge in [0.2, 0.25) is 0 Å². The summed E-state index contributed by atoms with van der Waals surface area (Å²) in [6.07, 6.45) is 5.47. The fraction of sp³-hybridized carbons (Fsp3) is 0.214. The standard InChI is InChI=1S/C14H16N6/c1-9-10(2)18-14(6-13(9)15-3)20-5-4-12(19-20)11-7-16-17-8-11/h4-8H,1-3H3,(H,15,18)(H,16,17). The second-order valence-corrected chi connectivity index (χ2v) is 4.62. The van der Waals surface area contributed by atoms with Gasteiger partial charge in [-0.3, -0.25) is 5.10 Å². The number of rotatable bonds is 3. The topological polar surface area (TPSA) is 71.4 Å². The number of aromatic amines is 1. The van der Waals surface area contributed by atoms with Crippen LogP contribution in [0.25, 0.3) is 17.1 Å². The predicted molar refractivity (Wildman–Crippen MR) is 78.0 cm³/mol. The van der Waals surface area contributed by atoms with Crippen molar-refractivity contribution >= 4 is 5.69 Å². The van der Waals surface area contributed by atoms with E-state index in [0.717, 1.165) is 34.0 Å². The number of nitrogens with one attached hydrogen (secondary N) is 2. The molecule has 0 aliphatic heterocycles. The average molecular weight is 268 g/mol. The van der Waals surface area contributed by atoms with Crippen LogP contribution in [0.5, 0.6) is 0 Å². The highest BCUT2D eigenvalue weighted by Crippen LogP contribution is 2.21. The molecule has 6 heteroatoms. The highest BCUT2D eigenvalue weighted by atomic mass is 15.3. The van der Waals surface area contributed by atoms with Gasteiger partial charge in [0, 0.05) is 42.5 Å². The Balaban J connectivity index is 2.04. The van der Waals surface area contributed by atoms with Crippen molar-refractivity contribution < 1.29 is 0 Å². The van der Waals surface area contributed by atoms with Crippen molar-refractivity contribution in [3.05, 3.63) is 42.0 Å². The van der Waals surface area contributed by atoms with Crippen LogP contribution in [0.15, 0.2) is 30.7 Å². The molecule has 6 nitrogen and oxygen atoms in total. The van der Waals surface area contributed by atoms with Crippen LogP contribution in [-0.2, 0) is 0 Å². The number of nitrogens with zero attached hydrogens (tertiary/aromatic N) is 4. The maximum Gasteiger partial charge on any atom is 0.155 e. The van der Waals surface area contributed by atoms with E-state index in [9.17, 15) is 0 Å². The molecule has 0 radical (unpaired) electrons. The lowest BCUT2D eigenvalue weighted by Crippen LogP contribution is -2.04. The third kappa shape index (κ3) is 2.05. The molecule has 3 aromatic heterocycles. The molecule has 3 aromatic rings. The zero-order chi connectivity index (χ0) is 14.1. The van der Waals surface area contributed by atoms with Gasteiger partial charge >= 0.3 is 0 Å². The summed E-state index contributed by atoms with van der Waals surface area (Å²) in [6, 6.07) is 3.94. The van der Waals surface area contributed by atoms with Gasteiger partial charge in [0.1, 0.15) is 0 Å². The Kier molecular flexibility index (Phi) is 2.98. The van der Waals surface area contributed by atoms with Gasteiger partial charge in [-0.15, -0.1) is 0 Å². The van der Waals surface area contributed by atoms with E-state index in [1.54, 1.807) is 10.9 Å². The number of H-pyrrole nitrogens is 1. The first-order valence-electron chi connectivity index (χ1n) is 6.40. The Labute approximate surface area is 116 Å². The minimum Gasteiger partial charge on any atom is -0.388 e. The highest BCUT2D eigenvalue weighted by Gasteiger charge is 2.09. The Morgan fingerprint density at radius 1 is 1.30 bits per heavy atom. The number of aromatic nitrogens is 5. The van der Waals surface area contributed by atoms with Gasteiger partial charge in [0.05, 0.1) is 11.9 Å². The van der Waals surface area contributed by atoms with E-state index in [0.29, 0.717) is 0 Å². The van der Waals surface area contributed by atoms with Gasteiger partial charge in [-0.2, -0.15) is 10.2 Å². The molecular weight excluding hydrogens is 252 g/mol. The molecule has 2 N–H and O–H groups in total. The first-order valence-corrected chi connectivity index (χ1v) is 6.40. The average Bonchev–Trinajstić information content (AvgIpc) is 3.11. The van der Waals surface area contributed by atoms with Crippen molar-refractivity contribution in [3.8, 4) is 17.1 Å². The molecular formula is C14H16N6. The number of hydrogen-bond donors (Lipinski definition) is 2. The van der Waals surface area contributed by atoms with Crippen LogP contribution in [0.3, 0.4) is 0 Å². The maximum atomic E-state index is 4.58. The number of anilines is 1. The van der Waals surface area contributed by atoms with Gasteiger partial charge < -0.3 is 5.32 Å². The van der Waals surface area contributed by atoms with E-state index in [4.69, 9.17) is 0 Å². The molecule has 0 fully saturated rings. The molecule has 0 atom stereocenters. The summed E-state index contributed by atoms with van der Waals surface area (Å²) in [5.74, 6) is 0.798. The monoisotopic (exact) mass is 268 g/mol. The minimum absolute atomic E-state index is 0.798. The second-order valence-electron chi connectivity index (χ2n) is 4.62. The van der Waals surface area contributed by atoms with Crippen LogP contribution in [0.1, 0.15) is 11.3 Å². The summed E-state index contributed by atoms with van der Waals surface area (Å²) in [5, 5.41) is 14.4. The smallest absolute Gasteiger partial charge is 0.155 e. The minimum atomic E-state index is 0.798. The van der Waals surface area contributed by atoms with Gasteiger partial charge in [0.15, 0.2) is 5.82 Å². The lowest BCUT2D eigenvalue weighted by molar-refractivity contribution is 0.842. The van der Waals surface area contributed by atoms with E-state index >= 15 is 0 Å². The van der Waals surface area contributed by atoms with E-state index in [1.807, 2.05) is 38.5 Å². The molecule has 20 heavy (non-hydrogen) atoms. The molecule has 3 rings (SSSR count). The Morgan fingerprint density at radius 2 is 2.15 bits per heavy atom. The third-order valence-electron chi connectivity index (χ3n) is 3.39. The van der Waals surface area contributed by atoms with Crippen LogP contribution >= 0.6 is 0 Å². The van der Waals surface area contributed by atoms with Crippen LogP contribution in [0.4, 0.5) is 5.69 Å². The van der Waals surface area contributed by atoms with Crippen molar-refractivity contribution in [1.29, 1.82) is 0 Å². The highest BCUT2D eigenvalue weighted by molar-refractivity contribution is 5.58. The zero-order valence-corrected chi connectivity index (χ0v) is 11.7. The first-order chi connectivity index (χ1) is 9.69. The van der Waals surface area contributed by atoms with Crippen molar-refractivity contribution in [3.63, 3.8) is 0 Å². The number of aryl methyl sites for hydroxylation is 1. The Bertz CT molecular complexity index is 726. The van der Waals surface area contributed by atoms with Crippen LogP contribution in [0.2, 0.25) is 0 Å². The molecule has 0 amide bonds. The molecule has 0 aliphatic rings. The van der Waals surface area contributed by atoms with Crippen molar-refractivity contribution in [1.82, 2.24) is 25.0 Å². The van der Waals surface area contributed by atoms with Crippen molar-refractivity contribution in [2.75, 3.05) is 12.4 Å². The van der Waals surface area contributed by atoms with Gasteiger partial charge in [-0.25, -0.2) is 9.67 Å².